The van der Waals surface area contributed by atoms with Crippen LogP contribution in [0.3, 0.4) is 0 Å². The van der Waals surface area contributed by atoms with Gasteiger partial charge in [0.25, 0.3) is 0 Å². The zero-order chi connectivity index (χ0) is 12.3. The third-order valence-corrected chi connectivity index (χ3v) is 3.25. The van der Waals surface area contributed by atoms with Crippen LogP contribution < -0.4 is 4.74 Å². The van der Waals surface area contributed by atoms with Crippen molar-refractivity contribution >= 4 is 5.91 Å². The highest BCUT2D eigenvalue weighted by molar-refractivity contribution is 5.76. The van der Waals surface area contributed by atoms with Crippen molar-refractivity contribution in [2.24, 2.45) is 0 Å². The van der Waals surface area contributed by atoms with Crippen molar-refractivity contribution in [1.29, 1.82) is 0 Å². The first kappa shape index (κ1) is 12.0. The van der Waals surface area contributed by atoms with E-state index in [-0.39, 0.29) is 5.91 Å². The van der Waals surface area contributed by atoms with Gasteiger partial charge in [-0.3, -0.25) is 4.79 Å². The molecule has 0 atom stereocenters. The second kappa shape index (κ2) is 5.21. The van der Waals surface area contributed by atoms with E-state index in [2.05, 4.69) is 0 Å². The third kappa shape index (κ3) is 3.22. The maximum absolute atomic E-state index is 11.8. The standard InChI is InChI=1S/C14H19NO2/c1-15(12-7-8-12)14(16)9-6-11-4-3-5-13(10-11)17-2/h3-5,10,12H,6-9H2,1-2H3. The number of methoxy groups -OCH3 is 1. The molecule has 0 spiro atoms. The van der Waals surface area contributed by atoms with Crippen LogP contribution in [0.4, 0.5) is 0 Å². The Hall–Kier alpha value is -1.51. The summed E-state index contributed by atoms with van der Waals surface area (Å²) in [6.07, 6.45) is 3.70. The molecule has 0 heterocycles. The molecule has 0 bridgehead atoms. The van der Waals surface area contributed by atoms with E-state index in [1.165, 1.54) is 12.8 Å². The summed E-state index contributed by atoms with van der Waals surface area (Å²) in [5.74, 6) is 1.10. The predicted octanol–water partition coefficient (Wildman–Crippen LogP) is 2.25. The molecule has 0 saturated heterocycles. The lowest BCUT2D eigenvalue weighted by Gasteiger charge is -2.16. The van der Waals surface area contributed by atoms with Crippen LogP contribution in [0.15, 0.2) is 24.3 Å². The Kier molecular flexibility index (Phi) is 3.67. The van der Waals surface area contributed by atoms with Crippen LogP contribution in [0, 0.1) is 0 Å². The molecule has 1 amide bonds. The number of aryl methyl sites for hydroxylation is 1. The number of benzene rings is 1. The Morgan fingerprint density at radius 3 is 2.88 bits per heavy atom. The van der Waals surface area contributed by atoms with Crippen molar-refractivity contribution in [2.75, 3.05) is 14.2 Å². The first-order chi connectivity index (χ1) is 8.20. The zero-order valence-electron chi connectivity index (χ0n) is 10.5. The topological polar surface area (TPSA) is 29.5 Å². The summed E-state index contributed by atoms with van der Waals surface area (Å²) in [6.45, 7) is 0. The maximum Gasteiger partial charge on any atom is 0.222 e. The summed E-state index contributed by atoms with van der Waals surface area (Å²) < 4.78 is 5.16. The van der Waals surface area contributed by atoms with Gasteiger partial charge in [-0.25, -0.2) is 0 Å². The number of rotatable bonds is 5. The van der Waals surface area contributed by atoms with Gasteiger partial charge in [0.1, 0.15) is 5.75 Å². The molecule has 1 aromatic rings. The minimum atomic E-state index is 0.246. The lowest BCUT2D eigenvalue weighted by atomic mass is 10.1. The molecule has 1 aliphatic rings. The summed E-state index contributed by atoms with van der Waals surface area (Å²) in [5.41, 5.74) is 1.15. The van der Waals surface area contributed by atoms with Crippen LogP contribution in [0.2, 0.25) is 0 Å². The van der Waals surface area contributed by atoms with Gasteiger partial charge in [-0.2, -0.15) is 0 Å². The molecule has 2 rings (SSSR count). The Morgan fingerprint density at radius 2 is 2.24 bits per heavy atom. The van der Waals surface area contributed by atoms with Crippen molar-refractivity contribution in [3.63, 3.8) is 0 Å². The van der Waals surface area contributed by atoms with E-state index in [4.69, 9.17) is 4.74 Å². The van der Waals surface area contributed by atoms with E-state index in [0.717, 1.165) is 17.7 Å². The van der Waals surface area contributed by atoms with Crippen molar-refractivity contribution in [2.45, 2.75) is 31.7 Å². The van der Waals surface area contributed by atoms with Crippen LogP contribution in [-0.2, 0) is 11.2 Å². The van der Waals surface area contributed by atoms with Gasteiger partial charge in [0.15, 0.2) is 0 Å². The van der Waals surface area contributed by atoms with Crippen LogP contribution in [0.5, 0.6) is 5.75 Å². The summed E-state index contributed by atoms with van der Waals surface area (Å²) in [7, 11) is 3.57. The molecule has 1 saturated carbocycles. The average Bonchev–Trinajstić information content (AvgIpc) is 3.19. The summed E-state index contributed by atoms with van der Waals surface area (Å²) in [6, 6.07) is 8.41. The van der Waals surface area contributed by atoms with Gasteiger partial charge in [-0.05, 0) is 37.0 Å². The summed E-state index contributed by atoms with van der Waals surface area (Å²) >= 11 is 0. The smallest absolute Gasteiger partial charge is 0.222 e. The molecule has 3 nitrogen and oxygen atoms in total. The molecule has 1 aliphatic carbocycles. The van der Waals surface area contributed by atoms with Crippen molar-refractivity contribution < 1.29 is 9.53 Å². The van der Waals surface area contributed by atoms with E-state index in [1.54, 1.807) is 7.11 Å². The lowest BCUT2D eigenvalue weighted by Crippen LogP contribution is -2.28. The molecule has 17 heavy (non-hydrogen) atoms. The van der Waals surface area contributed by atoms with Gasteiger partial charge in [0.2, 0.25) is 5.91 Å². The second-order valence-corrected chi connectivity index (χ2v) is 4.59. The Balaban J connectivity index is 1.85. The molecule has 0 aliphatic heterocycles. The quantitative estimate of drug-likeness (QED) is 0.780. The van der Waals surface area contributed by atoms with Crippen LogP contribution in [0.25, 0.3) is 0 Å². The molecular formula is C14H19NO2. The van der Waals surface area contributed by atoms with Crippen molar-refractivity contribution in [1.82, 2.24) is 4.90 Å². The number of amides is 1. The fourth-order valence-electron chi connectivity index (χ4n) is 1.92. The normalized spacial score (nSPS) is 14.5. The van der Waals surface area contributed by atoms with Crippen LogP contribution in [0.1, 0.15) is 24.8 Å². The highest BCUT2D eigenvalue weighted by atomic mass is 16.5. The molecule has 92 valence electrons. The fraction of sp³-hybridized carbons (Fsp3) is 0.500. The number of ether oxygens (including phenoxy) is 1. The Bertz CT molecular complexity index is 399. The third-order valence-electron chi connectivity index (χ3n) is 3.25. The maximum atomic E-state index is 11.8. The molecule has 0 radical (unpaired) electrons. The Labute approximate surface area is 102 Å². The van der Waals surface area contributed by atoms with Crippen LogP contribution in [-0.4, -0.2) is 31.0 Å². The summed E-state index contributed by atoms with van der Waals surface area (Å²) in [5, 5.41) is 0. The zero-order valence-corrected chi connectivity index (χ0v) is 10.5. The first-order valence-electron chi connectivity index (χ1n) is 6.09. The summed E-state index contributed by atoms with van der Waals surface area (Å²) in [4.78, 5) is 13.7. The number of nitrogens with zero attached hydrogens (tertiary/aromatic N) is 1. The van der Waals surface area contributed by atoms with Crippen LogP contribution >= 0.6 is 0 Å². The average molecular weight is 233 g/mol. The van der Waals surface area contributed by atoms with Gasteiger partial charge in [-0.15, -0.1) is 0 Å². The SMILES string of the molecule is COc1cccc(CCC(=O)N(C)C2CC2)c1. The highest BCUT2D eigenvalue weighted by Crippen LogP contribution is 2.26. The fourth-order valence-corrected chi connectivity index (χ4v) is 1.92. The van der Waals surface area contributed by atoms with E-state index < -0.39 is 0 Å². The van der Waals surface area contributed by atoms with Gasteiger partial charge in [-0.1, -0.05) is 12.1 Å². The van der Waals surface area contributed by atoms with Gasteiger partial charge in [0, 0.05) is 19.5 Å². The van der Waals surface area contributed by atoms with Crippen molar-refractivity contribution in [3.8, 4) is 5.75 Å². The molecule has 0 N–H and O–H groups in total. The Morgan fingerprint density at radius 1 is 1.47 bits per heavy atom. The monoisotopic (exact) mass is 233 g/mol. The second-order valence-electron chi connectivity index (χ2n) is 4.59. The van der Waals surface area contributed by atoms with Gasteiger partial charge >= 0.3 is 0 Å². The van der Waals surface area contributed by atoms with E-state index in [1.807, 2.05) is 36.2 Å². The minimum absolute atomic E-state index is 0.246. The molecule has 1 aromatic carbocycles. The van der Waals surface area contributed by atoms with E-state index >= 15 is 0 Å². The molecule has 3 heteroatoms. The molecule has 0 aromatic heterocycles. The number of carbonyl (C=O) groups excluding carboxylic acids is 1. The van der Waals surface area contributed by atoms with E-state index in [9.17, 15) is 4.79 Å². The molecular weight excluding hydrogens is 214 g/mol. The highest BCUT2D eigenvalue weighted by Gasteiger charge is 2.28. The molecule has 0 unspecified atom stereocenters. The van der Waals surface area contributed by atoms with Gasteiger partial charge in [0.05, 0.1) is 7.11 Å². The first-order valence-corrected chi connectivity index (χ1v) is 6.09. The minimum Gasteiger partial charge on any atom is -0.497 e. The van der Waals surface area contributed by atoms with Crippen molar-refractivity contribution in [3.05, 3.63) is 29.8 Å². The lowest BCUT2D eigenvalue weighted by molar-refractivity contribution is -0.130. The number of carbonyl (C=O) groups is 1. The predicted molar refractivity (Wildman–Crippen MR) is 67.1 cm³/mol. The number of hydrogen-bond acceptors (Lipinski definition) is 2. The number of hydrogen-bond donors (Lipinski definition) is 0. The van der Waals surface area contributed by atoms with Gasteiger partial charge < -0.3 is 9.64 Å². The largest absolute Gasteiger partial charge is 0.497 e. The van der Waals surface area contributed by atoms with E-state index in [0.29, 0.717) is 12.5 Å². The molecule has 1 fully saturated rings.